The van der Waals surface area contributed by atoms with E-state index in [1.807, 2.05) is 32.2 Å². The van der Waals surface area contributed by atoms with E-state index in [0.717, 1.165) is 21.8 Å². The van der Waals surface area contributed by atoms with Crippen LogP contribution in [0.15, 0.2) is 24.3 Å². The van der Waals surface area contributed by atoms with Crippen molar-refractivity contribution in [1.82, 2.24) is 4.90 Å². The fraction of sp³-hybridized carbons (Fsp3) is 0.385. The van der Waals surface area contributed by atoms with Gasteiger partial charge in [-0.1, -0.05) is 29.8 Å². The number of hydrogen-bond donors (Lipinski definition) is 1. The molecule has 0 aliphatic rings. The summed E-state index contributed by atoms with van der Waals surface area (Å²) in [5, 5.41) is 11.1. The van der Waals surface area contributed by atoms with Crippen LogP contribution in [-0.2, 0) is 6.54 Å². The summed E-state index contributed by atoms with van der Waals surface area (Å²) in [7, 11) is 2.00. The number of nitrogens with zero attached hydrogens (tertiary/aromatic N) is 1. The minimum absolute atomic E-state index is 0.149. The standard InChI is InChI=1S/C13H16ClNOS/c1-9(8-16)15(2)7-12-13(14)10-5-3-4-6-11(10)17-12/h3-6,9,16H,7-8H2,1-2H3. The Bertz CT molecular complexity index is 511. The lowest BCUT2D eigenvalue weighted by atomic mass is 10.2. The number of thiophene rings is 1. The highest BCUT2D eigenvalue weighted by molar-refractivity contribution is 7.19. The molecule has 17 heavy (non-hydrogen) atoms. The van der Waals surface area contributed by atoms with Crippen molar-refractivity contribution in [2.24, 2.45) is 0 Å². The molecule has 1 atom stereocenters. The van der Waals surface area contributed by atoms with E-state index in [1.165, 1.54) is 4.70 Å². The molecule has 92 valence electrons. The van der Waals surface area contributed by atoms with Crippen LogP contribution >= 0.6 is 22.9 Å². The van der Waals surface area contributed by atoms with Crippen LogP contribution in [0.3, 0.4) is 0 Å². The second kappa shape index (κ2) is 5.36. The number of halogens is 1. The lowest BCUT2D eigenvalue weighted by Crippen LogP contribution is -2.31. The molecule has 4 heteroatoms. The summed E-state index contributed by atoms with van der Waals surface area (Å²) in [6.45, 7) is 2.94. The number of benzene rings is 1. The maximum Gasteiger partial charge on any atom is 0.0637 e. The van der Waals surface area contributed by atoms with Crippen molar-refractivity contribution >= 4 is 33.0 Å². The summed E-state index contributed by atoms with van der Waals surface area (Å²) >= 11 is 8.10. The topological polar surface area (TPSA) is 23.5 Å². The molecular formula is C13H16ClNOS. The van der Waals surface area contributed by atoms with Crippen LogP contribution < -0.4 is 0 Å². The summed E-state index contributed by atoms with van der Waals surface area (Å²) in [6.07, 6.45) is 0. The molecular weight excluding hydrogens is 254 g/mol. The molecule has 0 spiro atoms. The van der Waals surface area contributed by atoms with E-state index >= 15 is 0 Å². The van der Waals surface area contributed by atoms with Gasteiger partial charge in [0.05, 0.1) is 11.6 Å². The van der Waals surface area contributed by atoms with Gasteiger partial charge in [-0.05, 0) is 20.0 Å². The zero-order valence-corrected chi connectivity index (χ0v) is 11.6. The van der Waals surface area contributed by atoms with Crippen molar-refractivity contribution in [2.45, 2.75) is 19.5 Å². The predicted molar refractivity (Wildman–Crippen MR) is 74.8 cm³/mol. The quantitative estimate of drug-likeness (QED) is 0.920. The molecule has 2 nitrogen and oxygen atoms in total. The average molecular weight is 270 g/mol. The normalized spacial score (nSPS) is 13.5. The molecule has 2 aromatic rings. The number of hydrogen-bond acceptors (Lipinski definition) is 3. The van der Waals surface area contributed by atoms with Crippen molar-refractivity contribution in [3.8, 4) is 0 Å². The Balaban J connectivity index is 2.27. The van der Waals surface area contributed by atoms with Crippen LogP contribution in [0.4, 0.5) is 0 Å². The highest BCUT2D eigenvalue weighted by atomic mass is 35.5. The van der Waals surface area contributed by atoms with Gasteiger partial charge in [0.25, 0.3) is 0 Å². The molecule has 0 radical (unpaired) electrons. The van der Waals surface area contributed by atoms with Crippen LogP contribution in [0, 0.1) is 0 Å². The van der Waals surface area contributed by atoms with E-state index in [9.17, 15) is 0 Å². The van der Waals surface area contributed by atoms with Gasteiger partial charge in [0.15, 0.2) is 0 Å². The number of aliphatic hydroxyl groups is 1. The van der Waals surface area contributed by atoms with Crippen LogP contribution in [-0.4, -0.2) is 29.7 Å². The second-order valence-electron chi connectivity index (χ2n) is 4.28. The minimum Gasteiger partial charge on any atom is -0.395 e. The van der Waals surface area contributed by atoms with Gasteiger partial charge in [-0.3, -0.25) is 4.90 Å². The first-order chi connectivity index (χ1) is 8.13. The molecule has 0 bridgehead atoms. The van der Waals surface area contributed by atoms with Gasteiger partial charge < -0.3 is 5.11 Å². The Kier molecular flexibility index (Phi) is 4.05. The van der Waals surface area contributed by atoms with E-state index < -0.39 is 0 Å². The third-order valence-corrected chi connectivity index (χ3v) is 4.71. The van der Waals surface area contributed by atoms with Crippen molar-refractivity contribution in [3.63, 3.8) is 0 Å². The molecule has 1 aromatic carbocycles. The molecule has 0 fully saturated rings. The number of likely N-dealkylation sites (N-methyl/N-ethyl adjacent to an activating group) is 1. The van der Waals surface area contributed by atoms with Gasteiger partial charge in [0, 0.05) is 27.5 Å². The van der Waals surface area contributed by atoms with Gasteiger partial charge >= 0.3 is 0 Å². The van der Waals surface area contributed by atoms with Crippen LogP contribution in [0.2, 0.25) is 5.02 Å². The zero-order chi connectivity index (χ0) is 12.4. The van der Waals surface area contributed by atoms with Crippen LogP contribution in [0.1, 0.15) is 11.8 Å². The third kappa shape index (κ3) is 2.63. The summed E-state index contributed by atoms with van der Waals surface area (Å²) in [5.41, 5.74) is 0. The molecule has 1 heterocycles. The van der Waals surface area contributed by atoms with E-state index in [1.54, 1.807) is 11.3 Å². The maximum atomic E-state index is 9.12. The smallest absolute Gasteiger partial charge is 0.0637 e. The Labute approximate surface area is 110 Å². The Morgan fingerprint density at radius 2 is 2.12 bits per heavy atom. The van der Waals surface area contributed by atoms with Gasteiger partial charge in [-0.2, -0.15) is 0 Å². The first kappa shape index (κ1) is 12.8. The predicted octanol–water partition coefficient (Wildman–Crippen LogP) is 3.37. The lowest BCUT2D eigenvalue weighted by Gasteiger charge is -2.22. The molecule has 0 aliphatic heterocycles. The first-order valence-corrected chi connectivity index (χ1v) is 6.80. The molecule has 1 N–H and O–H groups in total. The first-order valence-electron chi connectivity index (χ1n) is 5.60. The molecule has 1 aromatic heterocycles. The fourth-order valence-electron chi connectivity index (χ4n) is 1.69. The van der Waals surface area contributed by atoms with Crippen LogP contribution in [0.25, 0.3) is 10.1 Å². The van der Waals surface area contributed by atoms with Crippen molar-refractivity contribution in [2.75, 3.05) is 13.7 Å². The van der Waals surface area contributed by atoms with E-state index in [2.05, 4.69) is 11.0 Å². The van der Waals surface area contributed by atoms with E-state index in [0.29, 0.717) is 0 Å². The fourth-order valence-corrected chi connectivity index (χ4v) is 3.24. The maximum absolute atomic E-state index is 9.12. The molecule has 1 unspecified atom stereocenters. The SMILES string of the molecule is CC(CO)N(C)Cc1sc2ccccc2c1Cl. The summed E-state index contributed by atoms with van der Waals surface area (Å²) in [5.74, 6) is 0. The third-order valence-electron chi connectivity index (χ3n) is 3.01. The number of rotatable bonds is 4. The lowest BCUT2D eigenvalue weighted by molar-refractivity contribution is 0.155. The zero-order valence-electron chi connectivity index (χ0n) is 9.98. The monoisotopic (exact) mass is 269 g/mol. The highest BCUT2D eigenvalue weighted by Crippen LogP contribution is 2.35. The highest BCUT2D eigenvalue weighted by Gasteiger charge is 2.14. The van der Waals surface area contributed by atoms with Crippen molar-refractivity contribution < 1.29 is 5.11 Å². The molecule has 0 aliphatic carbocycles. The van der Waals surface area contributed by atoms with E-state index in [4.69, 9.17) is 16.7 Å². The molecule has 0 saturated carbocycles. The van der Waals surface area contributed by atoms with Crippen LogP contribution in [0.5, 0.6) is 0 Å². The summed E-state index contributed by atoms with van der Waals surface area (Å²) < 4.78 is 1.22. The van der Waals surface area contributed by atoms with Gasteiger partial charge in [-0.25, -0.2) is 0 Å². The number of aliphatic hydroxyl groups excluding tert-OH is 1. The minimum atomic E-state index is 0.149. The van der Waals surface area contributed by atoms with Crippen molar-refractivity contribution in [1.29, 1.82) is 0 Å². The van der Waals surface area contributed by atoms with Crippen molar-refractivity contribution in [3.05, 3.63) is 34.2 Å². The second-order valence-corrected chi connectivity index (χ2v) is 5.80. The summed E-state index contributed by atoms with van der Waals surface area (Å²) in [6, 6.07) is 8.32. The van der Waals surface area contributed by atoms with Gasteiger partial charge in [0.1, 0.15) is 0 Å². The van der Waals surface area contributed by atoms with Gasteiger partial charge in [-0.15, -0.1) is 11.3 Å². The largest absolute Gasteiger partial charge is 0.395 e. The summed E-state index contributed by atoms with van der Waals surface area (Å²) in [4.78, 5) is 3.27. The Hall–Kier alpha value is -0.610. The van der Waals surface area contributed by atoms with E-state index in [-0.39, 0.29) is 12.6 Å². The molecule has 2 rings (SSSR count). The average Bonchev–Trinajstić information content (AvgIpc) is 2.66. The number of fused-ring (bicyclic) bond motifs is 1. The Morgan fingerprint density at radius 3 is 2.76 bits per heavy atom. The Morgan fingerprint density at radius 1 is 1.41 bits per heavy atom. The molecule has 0 saturated heterocycles. The van der Waals surface area contributed by atoms with Gasteiger partial charge in [0.2, 0.25) is 0 Å². The molecule has 0 amide bonds.